The largest absolute Gasteiger partial charge is 0.492 e. The molecule has 1 atom stereocenters. The Kier molecular flexibility index (Phi) is 8.66. The minimum atomic E-state index is -3.91. The van der Waals surface area contributed by atoms with E-state index in [9.17, 15) is 23.3 Å². The first-order valence-corrected chi connectivity index (χ1v) is 12.9. The van der Waals surface area contributed by atoms with E-state index < -0.39 is 26.9 Å². The van der Waals surface area contributed by atoms with Gasteiger partial charge in [-0.1, -0.05) is 45.9 Å². The van der Waals surface area contributed by atoms with Gasteiger partial charge in [0.2, 0.25) is 15.9 Å². The number of nitrogens with zero attached hydrogens (tertiary/aromatic N) is 2. The normalized spacial score (nSPS) is 12.6. The monoisotopic (exact) mass is 491 g/mol. The number of nitro benzene ring substituents is 1. The van der Waals surface area contributed by atoms with Gasteiger partial charge in [0.25, 0.3) is 5.69 Å². The van der Waals surface area contributed by atoms with Crippen molar-refractivity contribution in [3.05, 3.63) is 63.7 Å². The maximum atomic E-state index is 12.9. The Morgan fingerprint density at radius 2 is 1.79 bits per heavy atom. The van der Waals surface area contributed by atoms with Crippen molar-refractivity contribution in [1.29, 1.82) is 0 Å². The SMILES string of the molecule is CCC(C(=O)NCCOc1ccc(C(C)(C)C)cc1)N(c1cc([N+](=O)[O-])ccc1C)S(C)(=O)=O. The lowest BCUT2D eigenvalue weighted by molar-refractivity contribution is -0.384. The molecule has 1 N–H and O–H groups in total. The molecule has 0 aliphatic carbocycles. The molecule has 0 saturated carbocycles. The van der Waals surface area contributed by atoms with Crippen molar-refractivity contribution in [2.45, 2.75) is 52.5 Å². The van der Waals surface area contributed by atoms with Crippen molar-refractivity contribution < 1.29 is 22.9 Å². The van der Waals surface area contributed by atoms with E-state index >= 15 is 0 Å². The van der Waals surface area contributed by atoms with Crippen LogP contribution in [0.1, 0.15) is 45.2 Å². The molecule has 0 heterocycles. The topological polar surface area (TPSA) is 119 Å². The molecule has 2 aromatic rings. The second-order valence-corrected chi connectivity index (χ2v) is 11.0. The maximum absolute atomic E-state index is 12.9. The van der Waals surface area contributed by atoms with Gasteiger partial charge in [-0.15, -0.1) is 0 Å². The lowest BCUT2D eigenvalue weighted by Crippen LogP contribution is -2.50. The molecule has 0 spiro atoms. The number of nitrogens with one attached hydrogen (secondary N) is 1. The van der Waals surface area contributed by atoms with Gasteiger partial charge >= 0.3 is 0 Å². The predicted octanol–water partition coefficient (Wildman–Crippen LogP) is 3.94. The van der Waals surface area contributed by atoms with Crippen molar-refractivity contribution in [3.8, 4) is 5.75 Å². The number of hydrogen-bond acceptors (Lipinski definition) is 6. The summed E-state index contributed by atoms with van der Waals surface area (Å²) >= 11 is 0. The van der Waals surface area contributed by atoms with E-state index in [1.54, 1.807) is 13.8 Å². The van der Waals surface area contributed by atoms with Crippen LogP contribution in [0, 0.1) is 17.0 Å². The molecule has 0 bridgehead atoms. The zero-order valence-corrected chi connectivity index (χ0v) is 21.3. The number of anilines is 1. The van der Waals surface area contributed by atoms with Gasteiger partial charge in [0.15, 0.2) is 0 Å². The highest BCUT2D eigenvalue weighted by Gasteiger charge is 2.33. The van der Waals surface area contributed by atoms with Gasteiger partial charge in [0, 0.05) is 12.1 Å². The van der Waals surface area contributed by atoms with Crippen molar-refractivity contribution in [2.75, 3.05) is 23.7 Å². The lowest BCUT2D eigenvalue weighted by Gasteiger charge is -2.31. The van der Waals surface area contributed by atoms with Crippen molar-refractivity contribution in [3.63, 3.8) is 0 Å². The van der Waals surface area contributed by atoms with E-state index in [1.165, 1.54) is 23.8 Å². The first-order valence-electron chi connectivity index (χ1n) is 11.0. The van der Waals surface area contributed by atoms with Crippen LogP contribution in [0.3, 0.4) is 0 Å². The summed E-state index contributed by atoms with van der Waals surface area (Å²) in [7, 11) is -3.91. The Morgan fingerprint density at radius 3 is 2.29 bits per heavy atom. The quantitative estimate of drug-likeness (QED) is 0.305. The zero-order chi connectivity index (χ0) is 25.7. The first-order chi connectivity index (χ1) is 15.8. The molecular formula is C24H33N3O6S. The molecule has 2 aromatic carbocycles. The third-order valence-electron chi connectivity index (χ3n) is 5.36. The van der Waals surface area contributed by atoms with Gasteiger partial charge in [-0.3, -0.25) is 19.2 Å². The molecule has 0 aliphatic rings. The van der Waals surface area contributed by atoms with Gasteiger partial charge in [0.1, 0.15) is 18.4 Å². The summed E-state index contributed by atoms with van der Waals surface area (Å²) in [6, 6.07) is 10.6. The number of benzene rings is 2. The number of rotatable bonds is 10. The third kappa shape index (κ3) is 6.93. The molecule has 1 unspecified atom stereocenters. The number of amides is 1. The fourth-order valence-corrected chi connectivity index (χ4v) is 4.76. The van der Waals surface area contributed by atoms with Crippen LogP contribution in [0.2, 0.25) is 0 Å². The number of sulfonamides is 1. The second kappa shape index (κ2) is 10.9. The van der Waals surface area contributed by atoms with E-state index in [0.717, 1.165) is 10.6 Å². The van der Waals surface area contributed by atoms with Crippen molar-refractivity contribution >= 4 is 27.3 Å². The van der Waals surface area contributed by atoms with Gasteiger partial charge < -0.3 is 10.1 Å². The summed E-state index contributed by atoms with van der Waals surface area (Å²) in [6.07, 6.45) is 1.15. The van der Waals surface area contributed by atoms with Crippen LogP contribution in [-0.2, 0) is 20.2 Å². The number of carbonyl (C=O) groups excluding carboxylic acids is 1. The lowest BCUT2D eigenvalue weighted by atomic mass is 9.87. The Morgan fingerprint density at radius 1 is 1.18 bits per heavy atom. The van der Waals surface area contributed by atoms with Crippen molar-refractivity contribution in [2.24, 2.45) is 0 Å². The molecule has 9 nitrogen and oxygen atoms in total. The summed E-state index contributed by atoms with van der Waals surface area (Å²) in [4.78, 5) is 23.5. The highest BCUT2D eigenvalue weighted by Crippen LogP contribution is 2.30. The fourth-order valence-electron chi connectivity index (χ4n) is 3.50. The smallest absolute Gasteiger partial charge is 0.271 e. The Balaban J connectivity index is 2.12. The van der Waals surface area contributed by atoms with Crippen LogP contribution in [-0.4, -0.2) is 44.7 Å². The average Bonchev–Trinajstić information content (AvgIpc) is 2.74. The molecule has 2 rings (SSSR count). The Labute approximate surface area is 201 Å². The number of carbonyl (C=O) groups is 1. The minimum absolute atomic E-state index is 0.0324. The number of nitro groups is 1. The molecule has 0 aliphatic heterocycles. The molecule has 0 aromatic heterocycles. The number of non-ortho nitro benzene ring substituents is 1. The van der Waals surface area contributed by atoms with E-state index in [1.807, 2.05) is 24.3 Å². The summed E-state index contributed by atoms with van der Waals surface area (Å²) in [5.41, 5.74) is 1.56. The molecule has 186 valence electrons. The summed E-state index contributed by atoms with van der Waals surface area (Å²) in [5, 5.41) is 13.9. The van der Waals surface area contributed by atoms with Crippen LogP contribution < -0.4 is 14.4 Å². The highest BCUT2D eigenvalue weighted by molar-refractivity contribution is 7.92. The van der Waals surface area contributed by atoms with Gasteiger partial charge in [-0.2, -0.15) is 0 Å². The van der Waals surface area contributed by atoms with E-state index in [0.29, 0.717) is 11.3 Å². The van der Waals surface area contributed by atoms with Crippen LogP contribution >= 0.6 is 0 Å². The van der Waals surface area contributed by atoms with Crippen LogP contribution in [0.5, 0.6) is 5.75 Å². The van der Waals surface area contributed by atoms with Gasteiger partial charge in [0.05, 0.1) is 23.4 Å². The highest BCUT2D eigenvalue weighted by atomic mass is 32.2. The predicted molar refractivity (Wildman–Crippen MR) is 133 cm³/mol. The second-order valence-electron chi connectivity index (χ2n) is 9.12. The summed E-state index contributed by atoms with van der Waals surface area (Å²) < 4.78 is 31.9. The minimum Gasteiger partial charge on any atom is -0.492 e. The fraction of sp³-hybridized carbons (Fsp3) is 0.458. The Hall–Kier alpha value is -3.14. The van der Waals surface area contributed by atoms with Crippen LogP contribution in [0.15, 0.2) is 42.5 Å². The third-order valence-corrected chi connectivity index (χ3v) is 6.53. The molecule has 1 amide bonds. The van der Waals surface area contributed by atoms with E-state index in [4.69, 9.17) is 4.74 Å². The van der Waals surface area contributed by atoms with Crippen LogP contribution in [0.4, 0.5) is 11.4 Å². The van der Waals surface area contributed by atoms with Gasteiger partial charge in [-0.05, 0) is 42.0 Å². The standard InChI is InChI=1S/C24H33N3O6S/c1-7-21(26(34(6,31)32)22-16-19(27(29)30)11-8-17(22)2)23(28)25-14-15-33-20-12-9-18(10-13-20)24(3,4)5/h8-13,16,21H,7,14-15H2,1-6H3,(H,25,28). The number of aryl methyl sites for hydroxylation is 1. The van der Waals surface area contributed by atoms with E-state index in [-0.39, 0.29) is 36.4 Å². The van der Waals surface area contributed by atoms with Crippen LogP contribution in [0.25, 0.3) is 0 Å². The van der Waals surface area contributed by atoms with Crippen molar-refractivity contribution in [1.82, 2.24) is 5.32 Å². The Bertz CT molecular complexity index is 1120. The average molecular weight is 492 g/mol. The maximum Gasteiger partial charge on any atom is 0.271 e. The molecule has 0 radical (unpaired) electrons. The molecule has 0 fully saturated rings. The number of hydrogen-bond donors (Lipinski definition) is 1. The molecule has 10 heteroatoms. The summed E-state index contributed by atoms with van der Waals surface area (Å²) in [5.74, 6) is 0.157. The van der Waals surface area contributed by atoms with E-state index in [2.05, 4.69) is 26.1 Å². The zero-order valence-electron chi connectivity index (χ0n) is 20.5. The first kappa shape index (κ1) is 27.1. The molecule has 0 saturated heterocycles. The number of ether oxygens (including phenoxy) is 1. The summed E-state index contributed by atoms with van der Waals surface area (Å²) in [6.45, 7) is 10.1. The molecule has 34 heavy (non-hydrogen) atoms. The van der Waals surface area contributed by atoms with Gasteiger partial charge in [-0.25, -0.2) is 8.42 Å². The molecular weight excluding hydrogens is 458 g/mol.